The molecule has 242 valence electrons. The Morgan fingerprint density at radius 3 is 2.32 bits per heavy atom. The van der Waals surface area contributed by atoms with Crippen molar-refractivity contribution in [3.8, 4) is 23.0 Å². The second kappa shape index (κ2) is 15.3. The van der Waals surface area contributed by atoms with E-state index in [1.807, 2.05) is 36.4 Å². The summed E-state index contributed by atoms with van der Waals surface area (Å²) in [5.41, 5.74) is 0.265. The summed E-state index contributed by atoms with van der Waals surface area (Å²) in [5, 5.41) is 14.1. The van der Waals surface area contributed by atoms with Crippen LogP contribution in [0.4, 0.5) is 0 Å². The van der Waals surface area contributed by atoms with Crippen LogP contribution in [0.1, 0.15) is 51.0 Å². The number of methoxy groups -OCH3 is 2. The van der Waals surface area contributed by atoms with Crippen LogP contribution in [-0.2, 0) is 20.9 Å². The Balaban J connectivity index is 0.00000442. The largest absolute Gasteiger partial charge is 0.497 e. The standard InChI is InChI=1S/C33H45N3O7.ClH/c1-4-5-16-36-31(38)29(30(37)24-12-19-42-20-13-24)34-32(39)33(36)14-17-35(18-15-33)22-23-6-8-25(9-7-23)43-27-11-10-26(40-2)21-28(27)41-3;/h6-11,21,24,29-30,37H,4-5,12-20,22H2,1-3H3,(H,34,39);1H/t29-,30-;/m1./s1. The van der Waals surface area contributed by atoms with Gasteiger partial charge in [0.1, 0.15) is 23.1 Å². The molecule has 3 aliphatic heterocycles. The molecule has 3 heterocycles. The van der Waals surface area contributed by atoms with E-state index in [0.717, 1.165) is 24.9 Å². The van der Waals surface area contributed by atoms with Crippen LogP contribution in [0.25, 0.3) is 0 Å². The zero-order valence-electron chi connectivity index (χ0n) is 26.0. The maximum atomic E-state index is 13.8. The average Bonchev–Trinajstić information content (AvgIpc) is 3.05. The fourth-order valence-corrected chi connectivity index (χ4v) is 6.53. The van der Waals surface area contributed by atoms with Crippen LogP contribution in [-0.4, -0.2) is 91.5 Å². The van der Waals surface area contributed by atoms with Gasteiger partial charge in [-0.2, -0.15) is 0 Å². The van der Waals surface area contributed by atoms with Gasteiger partial charge in [-0.3, -0.25) is 14.5 Å². The van der Waals surface area contributed by atoms with Gasteiger partial charge in [-0.15, -0.1) is 12.4 Å². The number of carbonyl (C=O) groups excluding carboxylic acids is 2. The number of nitrogens with zero attached hydrogens (tertiary/aromatic N) is 2. The number of piperazine rings is 1. The average molecular weight is 632 g/mol. The molecule has 2 aromatic rings. The van der Waals surface area contributed by atoms with Crippen molar-refractivity contribution in [1.82, 2.24) is 15.1 Å². The SMILES string of the molecule is CCCCN1C(=O)[C@@H]([C@H](O)C2CCOCC2)NC(=O)C12CCN(Cc1ccc(Oc3ccc(OC)cc3OC)cc1)CC2.Cl. The number of rotatable bonds is 11. The molecule has 11 heteroatoms. The fraction of sp³-hybridized carbons (Fsp3) is 0.576. The molecular formula is C33H46ClN3O7. The number of amides is 2. The maximum absolute atomic E-state index is 13.8. The first kappa shape index (κ1) is 33.8. The summed E-state index contributed by atoms with van der Waals surface area (Å²) in [4.78, 5) is 31.7. The summed E-state index contributed by atoms with van der Waals surface area (Å²) in [6.07, 6.45) is 3.35. The summed E-state index contributed by atoms with van der Waals surface area (Å²) >= 11 is 0. The van der Waals surface area contributed by atoms with Crippen LogP contribution in [0.15, 0.2) is 42.5 Å². The van der Waals surface area contributed by atoms with E-state index >= 15 is 0 Å². The molecule has 0 saturated carbocycles. The van der Waals surface area contributed by atoms with E-state index in [1.165, 1.54) is 0 Å². The third-order valence-electron chi connectivity index (χ3n) is 9.20. The maximum Gasteiger partial charge on any atom is 0.248 e. The minimum absolute atomic E-state index is 0. The van der Waals surface area contributed by atoms with Gasteiger partial charge in [0, 0.05) is 45.5 Å². The van der Waals surface area contributed by atoms with Gasteiger partial charge in [0.05, 0.1) is 20.3 Å². The Morgan fingerprint density at radius 1 is 1.00 bits per heavy atom. The summed E-state index contributed by atoms with van der Waals surface area (Å²) in [7, 11) is 3.20. The minimum atomic E-state index is -0.903. The Morgan fingerprint density at radius 2 is 1.68 bits per heavy atom. The number of carbonyl (C=O) groups is 2. The first-order valence-electron chi connectivity index (χ1n) is 15.5. The lowest BCUT2D eigenvalue weighted by Crippen LogP contribution is -2.75. The number of halogens is 1. The molecule has 44 heavy (non-hydrogen) atoms. The van der Waals surface area contributed by atoms with E-state index in [1.54, 1.807) is 25.2 Å². The number of aliphatic hydroxyl groups excluding tert-OH is 1. The predicted molar refractivity (Wildman–Crippen MR) is 169 cm³/mol. The van der Waals surface area contributed by atoms with Crippen LogP contribution in [0.2, 0.25) is 0 Å². The van der Waals surface area contributed by atoms with Crippen LogP contribution in [0, 0.1) is 5.92 Å². The van der Waals surface area contributed by atoms with Gasteiger partial charge in [-0.05, 0) is 67.9 Å². The monoisotopic (exact) mass is 631 g/mol. The summed E-state index contributed by atoms with van der Waals surface area (Å²) in [5.74, 6) is 2.26. The molecule has 10 nitrogen and oxygen atoms in total. The number of benzene rings is 2. The highest BCUT2D eigenvalue weighted by Crippen LogP contribution is 2.37. The Hall–Kier alpha value is -3.05. The Labute approximate surface area is 266 Å². The van der Waals surface area contributed by atoms with Gasteiger partial charge >= 0.3 is 0 Å². The molecule has 0 unspecified atom stereocenters. The van der Waals surface area contributed by atoms with Crippen molar-refractivity contribution in [2.75, 3.05) is 47.1 Å². The lowest BCUT2D eigenvalue weighted by atomic mass is 9.79. The molecule has 2 atom stereocenters. The van der Waals surface area contributed by atoms with Crippen LogP contribution in [0.5, 0.6) is 23.0 Å². The zero-order valence-corrected chi connectivity index (χ0v) is 26.8. The van der Waals surface area contributed by atoms with Crippen LogP contribution < -0.4 is 19.5 Å². The Bertz CT molecular complexity index is 1250. The lowest BCUT2D eigenvalue weighted by Gasteiger charge is -2.52. The number of aliphatic hydroxyl groups is 1. The van der Waals surface area contributed by atoms with E-state index in [-0.39, 0.29) is 30.1 Å². The number of nitrogens with one attached hydrogen (secondary N) is 1. The van der Waals surface area contributed by atoms with Crippen molar-refractivity contribution in [1.29, 1.82) is 0 Å². The molecule has 2 N–H and O–H groups in total. The van der Waals surface area contributed by atoms with E-state index in [9.17, 15) is 14.7 Å². The molecule has 0 aromatic heterocycles. The molecular weight excluding hydrogens is 586 g/mol. The molecule has 3 fully saturated rings. The van der Waals surface area contributed by atoms with E-state index in [0.29, 0.717) is 81.5 Å². The van der Waals surface area contributed by atoms with Gasteiger partial charge in [0.2, 0.25) is 11.8 Å². The topological polar surface area (TPSA) is 110 Å². The van der Waals surface area contributed by atoms with Crippen molar-refractivity contribution in [3.05, 3.63) is 48.0 Å². The molecule has 3 saturated heterocycles. The second-order valence-electron chi connectivity index (χ2n) is 11.8. The fourth-order valence-electron chi connectivity index (χ4n) is 6.53. The van der Waals surface area contributed by atoms with Crippen molar-refractivity contribution < 1.29 is 33.6 Å². The molecule has 0 bridgehead atoms. The highest BCUT2D eigenvalue weighted by molar-refractivity contribution is 6.00. The number of hydrogen-bond acceptors (Lipinski definition) is 8. The van der Waals surface area contributed by atoms with Crippen molar-refractivity contribution in [3.63, 3.8) is 0 Å². The molecule has 3 aliphatic rings. The number of likely N-dealkylation sites (tertiary alicyclic amines) is 1. The third-order valence-corrected chi connectivity index (χ3v) is 9.20. The minimum Gasteiger partial charge on any atom is -0.497 e. The van der Waals surface area contributed by atoms with Crippen LogP contribution in [0.3, 0.4) is 0 Å². The van der Waals surface area contributed by atoms with Gasteiger partial charge in [-0.25, -0.2) is 0 Å². The number of piperidine rings is 1. The van der Waals surface area contributed by atoms with Crippen LogP contribution >= 0.6 is 12.4 Å². The summed E-state index contributed by atoms with van der Waals surface area (Å²) < 4.78 is 22.2. The van der Waals surface area contributed by atoms with Gasteiger partial charge in [0.25, 0.3) is 0 Å². The van der Waals surface area contributed by atoms with Gasteiger partial charge in [-0.1, -0.05) is 25.5 Å². The predicted octanol–water partition coefficient (Wildman–Crippen LogP) is 4.17. The second-order valence-corrected chi connectivity index (χ2v) is 11.8. The number of unbranched alkanes of at least 4 members (excludes halogenated alkanes) is 1. The van der Waals surface area contributed by atoms with Crippen molar-refractivity contribution >= 4 is 24.2 Å². The molecule has 0 aliphatic carbocycles. The Kier molecular flexibility index (Phi) is 11.8. The van der Waals surface area contributed by atoms with Crippen molar-refractivity contribution in [2.45, 2.75) is 69.7 Å². The van der Waals surface area contributed by atoms with E-state index < -0.39 is 17.7 Å². The number of ether oxygens (including phenoxy) is 4. The highest BCUT2D eigenvalue weighted by atomic mass is 35.5. The quantitative estimate of drug-likeness (QED) is 0.381. The molecule has 2 aromatic carbocycles. The van der Waals surface area contributed by atoms with E-state index in [4.69, 9.17) is 18.9 Å². The first-order chi connectivity index (χ1) is 20.9. The van der Waals surface area contributed by atoms with E-state index in [2.05, 4.69) is 17.1 Å². The zero-order chi connectivity index (χ0) is 30.4. The van der Waals surface area contributed by atoms with Crippen molar-refractivity contribution in [2.24, 2.45) is 5.92 Å². The molecule has 1 spiro atoms. The highest BCUT2D eigenvalue weighted by Gasteiger charge is 2.55. The van der Waals surface area contributed by atoms with Gasteiger partial charge in [0.15, 0.2) is 11.5 Å². The van der Waals surface area contributed by atoms with Gasteiger partial charge < -0.3 is 34.3 Å². The molecule has 2 amide bonds. The lowest BCUT2D eigenvalue weighted by molar-refractivity contribution is -0.166. The third kappa shape index (κ3) is 7.25. The molecule has 0 radical (unpaired) electrons. The summed E-state index contributed by atoms with van der Waals surface area (Å²) in [6, 6.07) is 12.5. The smallest absolute Gasteiger partial charge is 0.248 e. The number of hydrogen-bond donors (Lipinski definition) is 2. The normalized spacial score (nSPS) is 21.4. The molecule has 5 rings (SSSR count). The summed E-state index contributed by atoms with van der Waals surface area (Å²) in [6.45, 7) is 5.88. The first-order valence-corrected chi connectivity index (χ1v) is 15.5.